The first-order chi connectivity index (χ1) is 11.7. The van der Waals surface area contributed by atoms with Crippen molar-refractivity contribution in [3.8, 4) is 0 Å². The number of benzene rings is 1. The number of thioether (sulfide) groups is 1. The zero-order valence-corrected chi connectivity index (χ0v) is 14.5. The predicted octanol–water partition coefficient (Wildman–Crippen LogP) is 3.99. The molecule has 0 spiro atoms. The Hall–Kier alpha value is -2.29. The Morgan fingerprint density at radius 3 is 2.60 bits per heavy atom. The zero-order chi connectivity index (χ0) is 18.4. The Bertz CT molecular complexity index is 945. The van der Waals surface area contributed by atoms with E-state index in [1.807, 2.05) is 24.3 Å². The highest BCUT2D eigenvalue weighted by atomic mass is 32.2. The molecule has 0 saturated carbocycles. The molecular formula is C16H15F3N4OS. The second-order valence-electron chi connectivity index (χ2n) is 5.66. The summed E-state index contributed by atoms with van der Waals surface area (Å²) in [5, 5.41) is 6.98. The summed E-state index contributed by atoms with van der Waals surface area (Å²) >= 11 is 0.957. The smallest absolute Gasteiger partial charge is 0.358 e. The molecular weight excluding hydrogens is 353 g/mol. The molecule has 2 heterocycles. The van der Waals surface area contributed by atoms with Crippen molar-refractivity contribution in [1.29, 1.82) is 0 Å². The number of para-hydroxylation sites is 1. The number of H-pyrrole nitrogens is 1. The van der Waals surface area contributed by atoms with E-state index in [9.17, 15) is 18.0 Å². The first kappa shape index (κ1) is 17.5. The molecule has 0 radical (unpaired) electrons. The van der Waals surface area contributed by atoms with E-state index in [0.29, 0.717) is 5.56 Å². The average molecular weight is 368 g/mol. The van der Waals surface area contributed by atoms with E-state index in [1.54, 1.807) is 13.8 Å². The maximum absolute atomic E-state index is 12.8. The van der Waals surface area contributed by atoms with Crippen LogP contribution in [0.5, 0.6) is 0 Å². The van der Waals surface area contributed by atoms with Crippen LogP contribution in [-0.2, 0) is 13.2 Å². The lowest BCUT2D eigenvalue weighted by atomic mass is 10.1. The molecule has 9 heteroatoms. The molecule has 1 aromatic carbocycles. The van der Waals surface area contributed by atoms with Gasteiger partial charge in [0, 0.05) is 29.2 Å². The Morgan fingerprint density at radius 1 is 1.28 bits per heavy atom. The first-order valence-corrected chi connectivity index (χ1v) is 8.33. The molecule has 3 aromatic rings. The number of fused-ring (bicyclic) bond motifs is 1. The number of alkyl halides is 3. The number of aromatic amines is 1. The number of rotatable bonds is 4. The van der Waals surface area contributed by atoms with Crippen molar-refractivity contribution in [3.05, 3.63) is 41.3 Å². The third-order valence-electron chi connectivity index (χ3n) is 3.88. The van der Waals surface area contributed by atoms with Gasteiger partial charge in [-0.3, -0.25) is 4.79 Å². The molecule has 5 nitrogen and oxygen atoms in total. The maximum Gasteiger partial charge on any atom is 0.451 e. The fraction of sp³-hybridized carbons (Fsp3) is 0.312. The number of nitrogens with zero attached hydrogens (tertiary/aromatic N) is 3. The van der Waals surface area contributed by atoms with E-state index in [4.69, 9.17) is 0 Å². The molecule has 0 aliphatic heterocycles. The Morgan fingerprint density at radius 2 is 1.96 bits per heavy atom. The van der Waals surface area contributed by atoms with Gasteiger partial charge >= 0.3 is 6.18 Å². The van der Waals surface area contributed by atoms with E-state index in [0.717, 1.165) is 32.9 Å². The first-order valence-electron chi connectivity index (χ1n) is 7.45. The van der Waals surface area contributed by atoms with Gasteiger partial charge in [-0.2, -0.15) is 13.2 Å². The van der Waals surface area contributed by atoms with Crippen molar-refractivity contribution in [1.82, 2.24) is 19.7 Å². The molecule has 132 valence electrons. The molecule has 1 N–H and O–H groups in total. The van der Waals surface area contributed by atoms with E-state index in [-0.39, 0.29) is 10.9 Å². The van der Waals surface area contributed by atoms with Gasteiger partial charge in [0.15, 0.2) is 10.9 Å². The van der Waals surface area contributed by atoms with Gasteiger partial charge in [-0.25, -0.2) is 0 Å². The minimum atomic E-state index is -4.58. The molecule has 25 heavy (non-hydrogen) atoms. The minimum absolute atomic E-state index is 0.0469. The molecule has 0 amide bonds. The van der Waals surface area contributed by atoms with Gasteiger partial charge in [0.2, 0.25) is 5.82 Å². The summed E-state index contributed by atoms with van der Waals surface area (Å²) in [6, 6.07) is 7.41. The molecule has 2 aromatic heterocycles. The van der Waals surface area contributed by atoms with Gasteiger partial charge < -0.3 is 9.55 Å². The zero-order valence-electron chi connectivity index (χ0n) is 13.7. The van der Waals surface area contributed by atoms with E-state index in [2.05, 4.69) is 15.2 Å². The lowest BCUT2D eigenvalue weighted by molar-refractivity contribution is -0.147. The molecule has 0 bridgehead atoms. The summed E-state index contributed by atoms with van der Waals surface area (Å²) < 4.78 is 39.3. The highest BCUT2D eigenvalue weighted by Crippen LogP contribution is 2.32. The number of Topliss-reactive ketones (excluding diaryl/α,β-unsaturated/α-hetero) is 1. The van der Waals surface area contributed by atoms with Crippen LogP contribution >= 0.6 is 11.8 Å². The van der Waals surface area contributed by atoms with Gasteiger partial charge in [0.25, 0.3) is 0 Å². The van der Waals surface area contributed by atoms with Crippen LogP contribution in [0.3, 0.4) is 0 Å². The summed E-state index contributed by atoms with van der Waals surface area (Å²) in [6.45, 7) is 3.45. The summed E-state index contributed by atoms with van der Waals surface area (Å²) in [6.07, 6.45) is -4.58. The Kier molecular flexibility index (Phi) is 4.36. The van der Waals surface area contributed by atoms with Gasteiger partial charge in [0.05, 0.1) is 5.25 Å². The number of nitrogens with one attached hydrogen (secondary N) is 1. The van der Waals surface area contributed by atoms with E-state index < -0.39 is 17.3 Å². The van der Waals surface area contributed by atoms with Crippen LogP contribution in [0.25, 0.3) is 10.9 Å². The normalized spacial score (nSPS) is 13.4. The Balaban J connectivity index is 1.89. The summed E-state index contributed by atoms with van der Waals surface area (Å²) in [4.78, 5) is 16.0. The third kappa shape index (κ3) is 3.15. The minimum Gasteiger partial charge on any atom is -0.358 e. The van der Waals surface area contributed by atoms with Crippen molar-refractivity contribution < 1.29 is 18.0 Å². The highest BCUT2D eigenvalue weighted by Gasteiger charge is 2.38. The Labute approximate surface area is 145 Å². The number of carbonyl (C=O) groups is 1. The average Bonchev–Trinajstić information content (AvgIpc) is 3.06. The number of aromatic nitrogens is 4. The lowest BCUT2D eigenvalue weighted by Crippen LogP contribution is -2.16. The van der Waals surface area contributed by atoms with Crippen LogP contribution in [0.15, 0.2) is 29.4 Å². The van der Waals surface area contributed by atoms with Gasteiger partial charge in [-0.15, -0.1) is 10.2 Å². The predicted molar refractivity (Wildman–Crippen MR) is 88.7 cm³/mol. The topological polar surface area (TPSA) is 63.6 Å². The molecule has 3 rings (SSSR count). The number of hydrogen-bond acceptors (Lipinski definition) is 4. The molecule has 0 aliphatic rings. The quantitative estimate of drug-likeness (QED) is 0.559. The fourth-order valence-electron chi connectivity index (χ4n) is 2.67. The third-order valence-corrected chi connectivity index (χ3v) is 5.01. The van der Waals surface area contributed by atoms with Gasteiger partial charge in [-0.05, 0) is 19.9 Å². The summed E-state index contributed by atoms with van der Waals surface area (Å²) in [7, 11) is 1.24. The van der Waals surface area contributed by atoms with E-state index >= 15 is 0 Å². The second-order valence-corrected chi connectivity index (χ2v) is 6.97. The molecule has 0 fully saturated rings. The lowest BCUT2D eigenvalue weighted by Gasteiger charge is -2.11. The van der Waals surface area contributed by atoms with Crippen LogP contribution in [0.1, 0.15) is 28.8 Å². The molecule has 1 atom stereocenters. The van der Waals surface area contributed by atoms with Gasteiger partial charge in [0.1, 0.15) is 0 Å². The number of hydrogen-bond donors (Lipinski definition) is 1. The van der Waals surface area contributed by atoms with E-state index in [1.165, 1.54) is 7.05 Å². The molecule has 0 saturated heterocycles. The monoisotopic (exact) mass is 368 g/mol. The summed E-state index contributed by atoms with van der Waals surface area (Å²) in [5.41, 5.74) is 2.12. The number of halogens is 3. The van der Waals surface area contributed by atoms with Crippen molar-refractivity contribution >= 4 is 28.4 Å². The number of aryl methyl sites for hydroxylation is 1. The van der Waals surface area contributed by atoms with Crippen molar-refractivity contribution in [3.63, 3.8) is 0 Å². The fourth-order valence-corrected chi connectivity index (χ4v) is 3.55. The van der Waals surface area contributed by atoms with Gasteiger partial charge in [-0.1, -0.05) is 30.0 Å². The van der Waals surface area contributed by atoms with Crippen molar-refractivity contribution in [2.24, 2.45) is 7.05 Å². The highest BCUT2D eigenvalue weighted by molar-refractivity contribution is 8.00. The summed E-state index contributed by atoms with van der Waals surface area (Å²) in [5.74, 6) is -1.26. The number of carbonyl (C=O) groups excluding carboxylic acids is 1. The van der Waals surface area contributed by atoms with Crippen molar-refractivity contribution in [2.45, 2.75) is 30.4 Å². The SMILES string of the molecule is Cc1[nH]c2ccccc2c1C(=O)[C@H](C)Sc1nnc(C(F)(F)F)n1C. The van der Waals surface area contributed by atoms with Crippen LogP contribution in [0.4, 0.5) is 13.2 Å². The van der Waals surface area contributed by atoms with Crippen LogP contribution in [0.2, 0.25) is 0 Å². The van der Waals surface area contributed by atoms with Crippen LogP contribution < -0.4 is 0 Å². The van der Waals surface area contributed by atoms with Crippen molar-refractivity contribution in [2.75, 3.05) is 0 Å². The van der Waals surface area contributed by atoms with Crippen LogP contribution in [-0.4, -0.2) is 30.8 Å². The van der Waals surface area contributed by atoms with Crippen LogP contribution in [0, 0.1) is 6.92 Å². The standard InChI is InChI=1S/C16H15F3N4OS/c1-8-12(10-6-4-5-7-11(10)20-8)13(24)9(2)25-15-22-21-14(23(15)3)16(17,18)19/h4-7,9,20H,1-3H3/t9-/m0/s1. The largest absolute Gasteiger partial charge is 0.451 e. The molecule has 0 aliphatic carbocycles. The number of ketones is 1. The maximum atomic E-state index is 12.8. The second kappa shape index (κ2) is 6.21. The molecule has 0 unspecified atom stereocenters.